The molecule has 1 aromatic carbocycles. The van der Waals surface area contributed by atoms with Crippen LogP contribution in [0.2, 0.25) is 0 Å². The number of aliphatic carboxylic acids is 1. The molecule has 2 aromatic rings. The number of ether oxygens (including phenoxy) is 2. The van der Waals surface area contributed by atoms with Gasteiger partial charge in [-0.15, -0.1) is 11.3 Å². The molecular weight excluding hydrogens is 290 g/mol. The molecule has 0 atom stereocenters. The molecule has 0 saturated carbocycles. The van der Waals surface area contributed by atoms with Gasteiger partial charge in [0.1, 0.15) is 18.1 Å². The molecule has 0 radical (unpaired) electrons. The average Bonchev–Trinajstić information content (AvgIpc) is 2.88. The molecule has 0 spiro atoms. The van der Waals surface area contributed by atoms with Gasteiger partial charge in [-0.05, 0) is 25.1 Å². The Morgan fingerprint density at radius 1 is 1.48 bits per heavy atom. The van der Waals surface area contributed by atoms with Crippen LogP contribution in [-0.2, 0) is 11.4 Å². The third kappa shape index (κ3) is 4.32. The summed E-state index contributed by atoms with van der Waals surface area (Å²) < 4.78 is 10.9. The van der Waals surface area contributed by atoms with Crippen molar-refractivity contribution in [1.82, 2.24) is 4.98 Å². The Balaban J connectivity index is 2.19. The van der Waals surface area contributed by atoms with Crippen molar-refractivity contribution in [3.05, 3.63) is 45.9 Å². The molecule has 0 aliphatic carbocycles. The van der Waals surface area contributed by atoms with Crippen LogP contribution in [0.3, 0.4) is 0 Å². The Morgan fingerprint density at radius 3 is 2.90 bits per heavy atom. The van der Waals surface area contributed by atoms with Gasteiger partial charge in [0.25, 0.3) is 0 Å². The second-order valence-corrected chi connectivity index (χ2v) is 5.28. The maximum absolute atomic E-state index is 10.6. The van der Waals surface area contributed by atoms with Crippen molar-refractivity contribution in [2.24, 2.45) is 0 Å². The van der Waals surface area contributed by atoms with Crippen LogP contribution in [-0.4, -0.2) is 23.2 Å². The van der Waals surface area contributed by atoms with Gasteiger partial charge in [-0.25, -0.2) is 9.78 Å². The third-order valence-electron chi connectivity index (χ3n) is 2.67. The number of carbonyl (C=O) groups is 1. The zero-order valence-corrected chi connectivity index (χ0v) is 12.5. The lowest BCUT2D eigenvalue weighted by Gasteiger charge is -2.10. The van der Waals surface area contributed by atoms with Crippen molar-refractivity contribution in [3.8, 4) is 11.5 Å². The van der Waals surface area contributed by atoms with E-state index in [9.17, 15) is 4.79 Å². The molecule has 0 amide bonds. The van der Waals surface area contributed by atoms with E-state index in [1.165, 1.54) is 6.08 Å². The minimum atomic E-state index is -1.01. The van der Waals surface area contributed by atoms with Gasteiger partial charge in [-0.2, -0.15) is 0 Å². The van der Waals surface area contributed by atoms with Gasteiger partial charge in [0, 0.05) is 23.1 Å². The van der Waals surface area contributed by atoms with E-state index in [1.54, 1.807) is 36.6 Å². The Kier molecular flexibility index (Phi) is 4.94. The Morgan fingerprint density at radius 2 is 2.29 bits per heavy atom. The van der Waals surface area contributed by atoms with E-state index < -0.39 is 5.97 Å². The summed E-state index contributed by atoms with van der Waals surface area (Å²) in [7, 11) is 1.57. The monoisotopic (exact) mass is 305 g/mol. The van der Waals surface area contributed by atoms with Gasteiger partial charge >= 0.3 is 5.97 Å². The summed E-state index contributed by atoms with van der Waals surface area (Å²) in [5.74, 6) is 0.191. The summed E-state index contributed by atoms with van der Waals surface area (Å²) in [6.45, 7) is 2.26. The molecule has 0 aliphatic heterocycles. The van der Waals surface area contributed by atoms with Gasteiger partial charge in [-0.1, -0.05) is 0 Å². The van der Waals surface area contributed by atoms with Gasteiger partial charge in [0.05, 0.1) is 17.8 Å². The molecule has 1 aromatic heterocycles. The number of carboxylic acids is 1. The van der Waals surface area contributed by atoms with Crippen molar-refractivity contribution >= 4 is 23.4 Å². The predicted molar refractivity (Wildman–Crippen MR) is 80.8 cm³/mol. The highest BCUT2D eigenvalue weighted by molar-refractivity contribution is 7.09. The number of aromatic nitrogens is 1. The van der Waals surface area contributed by atoms with E-state index in [-0.39, 0.29) is 0 Å². The molecule has 5 nitrogen and oxygen atoms in total. The minimum Gasteiger partial charge on any atom is -0.497 e. The lowest BCUT2D eigenvalue weighted by atomic mass is 10.1. The van der Waals surface area contributed by atoms with Crippen molar-refractivity contribution < 1.29 is 19.4 Å². The van der Waals surface area contributed by atoms with Crippen molar-refractivity contribution in [1.29, 1.82) is 0 Å². The first-order valence-corrected chi connectivity index (χ1v) is 7.09. The minimum absolute atomic E-state index is 0.325. The average molecular weight is 305 g/mol. The Hall–Kier alpha value is -2.34. The molecule has 21 heavy (non-hydrogen) atoms. The number of methoxy groups -OCH3 is 1. The van der Waals surface area contributed by atoms with E-state index in [4.69, 9.17) is 14.6 Å². The molecule has 6 heteroatoms. The number of carboxylic acid groups (broad SMARTS) is 1. The van der Waals surface area contributed by atoms with Crippen LogP contribution in [0.1, 0.15) is 16.3 Å². The summed E-state index contributed by atoms with van der Waals surface area (Å²) in [5, 5.41) is 11.6. The number of aryl methyl sites for hydroxylation is 1. The highest BCUT2D eigenvalue weighted by atomic mass is 32.1. The van der Waals surface area contributed by atoms with Crippen LogP contribution >= 0.6 is 11.3 Å². The molecule has 0 aliphatic rings. The maximum atomic E-state index is 10.6. The van der Waals surface area contributed by atoms with E-state index in [2.05, 4.69) is 4.98 Å². The second kappa shape index (κ2) is 6.90. The van der Waals surface area contributed by atoms with Crippen molar-refractivity contribution in [2.45, 2.75) is 13.5 Å². The van der Waals surface area contributed by atoms with Crippen molar-refractivity contribution in [2.75, 3.05) is 7.11 Å². The highest BCUT2D eigenvalue weighted by Gasteiger charge is 2.06. The lowest BCUT2D eigenvalue weighted by Crippen LogP contribution is -1.98. The van der Waals surface area contributed by atoms with Gasteiger partial charge < -0.3 is 14.6 Å². The molecule has 0 unspecified atom stereocenters. The fourth-order valence-corrected chi connectivity index (χ4v) is 2.29. The first-order valence-electron chi connectivity index (χ1n) is 6.21. The summed E-state index contributed by atoms with van der Waals surface area (Å²) in [6, 6.07) is 5.22. The van der Waals surface area contributed by atoms with Crippen molar-refractivity contribution in [3.63, 3.8) is 0 Å². The summed E-state index contributed by atoms with van der Waals surface area (Å²) in [6.07, 6.45) is 2.56. The number of hydrogen-bond acceptors (Lipinski definition) is 5. The molecule has 1 heterocycles. The zero-order chi connectivity index (χ0) is 15.2. The Bertz CT molecular complexity index is 663. The normalized spacial score (nSPS) is 10.8. The van der Waals surface area contributed by atoms with E-state index in [0.29, 0.717) is 23.7 Å². The third-order valence-corrected chi connectivity index (χ3v) is 3.49. The molecule has 1 N–H and O–H groups in total. The fourth-order valence-electron chi connectivity index (χ4n) is 1.69. The topological polar surface area (TPSA) is 68.7 Å². The summed E-state index contributed by atoms with van der Waals surface area (Å²) in [4.78, 5) is 15.0. The Labute approximate surface area is 126 Å². The molecule has 110 valence electrons. The van der Waals surface area contributed by atoms with E-state index in [0.717, 1.165) is 16.8 Å². The van der Waals surface area contributed by atoms with Gasteiger partial charge in [-0.3, -0.25) is 0 Å². The summed E-state index contributed by atoms with van der Waals surface area (Å²) >= 11 is 1.56. The largest absolute Gasteiger partial charge is 0.497 e. The quantitative estimate of drug-likeness (QED) is 0.830. The number of hydrogen-bond donors (Lipinski definition) is 1. The lowest BCUT2D eigenvalue weighted by molar-refractivity contribution is -0.131. The molecule has 2 rings (SSSR count). The highest BCUT2D eigenvalue weighted by Crippen LogP contribution is 2.27. The van der Waals surface area contributed by atoms with Crippen LogP contribution in [0.5, 0.6) is 11.5 Å². The van der Waals surface area contributed by atoms with Crippen LogP contribution in [0.25, 0.3) is 6.08 Å². The predicted octanol–water partition coefficient (Wildman–Crippen LogP) is 3.14. The first-order chi connectivity index (χ1) is 10.1. The fraction of sp³-hybridized carbons (Fsp3) is 0.200. The van der Waals surface area contributed by atoms with Crippen LogP contribution < -0.4 is 9.47 Å². The number of thiazole rings is 1. The van der Waals surface area contributed by atoms with Crippen LogP contribution in [0.15, 0.2) is 29.7 Å². The van der Waals surface area contributed by atoms with E-state index >= 15 is 0 Å². The molecule has 0 saturated heterocycles. The number of benzene rings is 1. The number of rotatable bonds is 6. The smallest absolute Gasteiger partial charge is 0.328 e. The van der Waals surface area contributed by atoms with Crippen LogP contribution in [0.4, 0.5) is 0 Å². The van der Waals surface area contributed by atoms with Gasteiger partial charge in [0.15, 0.2) is 0 Å². The van der Waals surface area contributed by atoms with Gasteiger partial charge in [0.2, 0.25) is 0 Å². The molecular formula is C15H15NO4S. The van der Waals surface area contributed by atoms with Crippen LogP contribution in [0, 0.1) is 6.92 Å². The standard InChI is InChI=1S/C15H15NO4S/c1-10-16-12(9-21-10)8-20-14-7-13(19-2)5-3-11(14)4-6-15(17)18/h3-7,9H,8H2,1-2H3,(H,17,18). The maximum Gasteiger partial charge on any atom is 0.328 e. The molecule has 0 fully saturated rings. The number of nitrogens with zero attached hydrogens (tertiary/aromatic N) is 1. The molecule has 0 bridgehead atoms. The summed E-state index contributed by atoms with van der Waals surface area (Å²) in [5.41, 5.74) is 1.51. The SMILES string of the molecule is COc1ccc(C=CC(=O)O)c(OCc2csc(C)n2)c1. The first kappa shape index (κ1) is 15.1. The zero-order valence-electron chi connectivity index (χ0n) is 11.7. The van der Waals surface area contributed by atoms with E-state index in [1.807, 2.05) is 12.3 Å². The second-order valence-electron chi connectivity index (χ2n) is 4.22.